The number of amides is 3. The fourth-order valence-corrected chi connectivity index (χ4v) is 4.99. The van der Waals surface area contributed by atoms with Gasteiger partial charge in [-0.15, -0.1) is 10.2 Å². The van der Waals surface area contributed by atoms with Crippen molar-refractivity contribution in [2.75, 3.05) is 43.1 Å². The molecule has 3 heterocycles. The van der Waals surface area contributed by atoms with Crippen LogP contribution in [-0.4, -0.2) is 65.7 Å². The Bertz CT molecular complexity index is 974. The average Bonchev–Trinajstić information content (AvgIpc) is 3.45. The Morgan fingerprint density at radius 2 is 1.91 bits per heavy atom. The third-order valence-electron chi connectivity index (χ3n) is 6.08. The van der Waals surface area contributed by atoms with Crippen LogP contribution in [-0.2, 0) is 25.5 Å². The first-order valence-corrected chi connectivity index (χ1v) is 12.2. The van der Waals surface area contributed by atoms with Gasteiger partial charge in [-0.05, 0) is 31.9 Å². The van der Waals surface area contributed by atoms with E-state index in [2.05, 4.69) is 15.5 Å². The van der Waals surface area contributed by atoms with Crippen molar-refractivity contribution in [1.82, 2.24) is 15.1 Å². The van der Waals surface area contributed by atoms with Crippen molar-refractivity contribution >= 4 is 39.9 Å². The first kappa shape index (κ1) is 23.3. The van der Waals surface area contributed by atoms with E-state index in [1.165, 1.54) is 11.3 Å². The molecule has 10 heteroatoms. The summed E-state index contributed by atoms with van der Waals surface area (Å²) in [6.45, 7) is 4.63. The molecule has 1 N–H and O–H groups in total. The van der Waals surface area contributed by atoms with Gasteiger partial charge in [0.2, 0.25) is 22.9 Å². The molecule has 0 aliphatic carbocycles. The van der Waals surface area contributed by atoms with Crippen LogP contribution in [0.4, 0.5) is 10.8 Å². The molecule has 33 heavy (non-hydrogen) atoms. The number of carbonyl (C=O) groups excluding carboxylic acids is 3. The molecule has 1 unspecified atom stereocenters. The molecule has 3 amide bonds. The number of benzene rings is 1. The number of para-hydroxylation sites is 1. The van der Waals surface area contributed by atoms with E-state index in [0.29, 0.717) is 57.2 Å². The lowest BCUT2D eigenvalue weighted by molar-refractivity contribution is -0.138. The number of ether oxygens (including phenoxy) is 1. The first-order valence-electron chi connectivity index (χ1n) is 11.4. The fourth-order valence-electron chi connectivity index (χ4n) is 4.27. The highest BCUT2D eigenvalue weighted by molar-refractivity contribution is 7.15. The number of nitrogens with zero attached hydrogens (tertiary/aromatic N) is 4. The number of likely N-dealkylation sites (tertiary alicyclic amines) is 1. The third-order valence-corrected chi connectivity index (χ3v) is 6.98. The van der Waals surface area contributed by atoms with E-state index in [9.17, 15) is 14.4 Å². The van der Waals surface area contributed by atoms with Gasteiger partial charge >= 0.3 is 0 Å². The molecule has 9 nitrogen and oxygen atoms in total. The van der Waals surface area contributed by atoms with Gasteiger partial charge in [-0.25, -0.2) is 0 Å². The Hall–Kier alpha value is -2.85. The monoisotopic (exact) mass is 471 g/mol. The smallest absolute Gasteiger partial charge is 0.229 e. The van der Waals surface area contributed by atoms with Crippen LogP contribution in [0, 0.1) is 11.8 Å². The topological polar surface area (TPSA) is 105 Å². The second-order valence-corrected chi connectivity index (χ2v) is 9.34. The predicted octanol–water partition coefficient (Wildman–Crippen LogP) is 2.35. The minimum absolute atomic E-state index is 0.00343. The lowest BCUT2D eigenvalue weighted by Crippen LogP contribution is -2.44. The first-order chi connectivity index (χ1) is 16.0. The number of piperidine rings is 1. The van der Waals surface area contributed by atoms with Gasteiger partial charge in [-0.3, -0.25) is 14.4 Å². The normalized spacial score (nSPS) is 19.2. The van der Waals surface area contributed by atoms with Gasteiger partial charge in [0.05, 0.1) is 12.5 Å². The van der Waals surface area contributed by atoms with Crippen LogP contribution in [0.25, 0.3) is 0 Å². The Morgan fingerprint density at radius 1 is 1.15 bits per heavy atom. The van der Waals surface area contributed by atoms with Crippen molar-refractivity contribution in [2.45, 2.75) is 32.6 Å². The zero-order valence-corrected chi connectivity index (χ0v) is 19.6. The Labute approximate surface area is 197 Å². The lowest BCUT2D eigenvalue weighted by Gasteiger charge is -2.32. The molecule has 0 bridgehead atoms. The summed E-state index contributed by atoms with van der Waals surface area (Å²) in [4.78, 5) is 41.6. The van der Waals surface area contributed by atoms with Crippen LogP contribution < -0.4 is 10.2 Å². The Kier molecular flexibility index (Phi) is 7.66. The zero-order chi connectivity index (χ0) is 23.2. The summed E-state index contributed by atoms with van der Waals surface area (Å²) in [5.41, 5.74) is 0.825. The highest BCUT2D eigenvalue weighted by Crippen LogP contribution is 2.28. The van der Waals surface area contributed by atoms with E-state index in [1.54, 1.807) is 9.80 Å². The molecule has 2 aromatic rings. The van der Waals surface area contributed by atoms with Crippen LogP contribution in [0.3, 0.4) is 0 Å². The highest BCUT2D eigenvalue weighted by atomic mass is 32.1. The van der Waals surface area contributed by atoms with Crippen LogP contribution in [0.2, 0.25) is 0 Å². The van der Waals surface area contributed by atoms with E-state index in [0.717, 1.165) is 10.7 Å². The van der Waals surface area contributed by atoms with Gasteiger partial charge in [0.25, 0.3) is 0 Å². The molecular weight excluding hydrogens is 442 g/mol. The summed E-state index contributed by atoms with van der Waals surface area (Å²) in [7, 11) is 0. The molecule has 1 aromatic carbocycles. The van der Waals surface area contributed by atoms with Crippen LogP contribution in [0.15, 0.2) is 30.3 Å². The van der Waals surface area contributed by atoms with Gasteiger partial charge in [0.15, 0.2) is 0 Å². The molecular formula is C23H29N5O4S. The Balaban J connectivity index is 1.24. The second kappa shape index (κ2) is 10.8. The number of hydrogen-bond acceptors (Lipinski definition) is 7. The van der Waals surface area contributed by atoms with E-state index in [4.69, 9.17) is 4.74 Å². The summed E-state index contributed by atoms with van der Waals surface area (Å²) in [6, 6.07) is 9.44. The van der Waals surface area contributed by atoms with E-state index >= 15 is 0 Å². The predicted molar refractivity (Wildman–Crippen MR) is 125 cm³/mol. The van der Waals surface area contributed by atoms with Gasteiger partial charge < -0.3 is 19.9 Å². The fraction of sp³-hybridized carbons (Fsp3) is 0.522. The van der Waals surface area contributed by atoms with Gasteiger partial charge in [0.1, 0.15) is 5.01 Å². The van der Waals surface area contributed by atoms with Crippen LogP contribution in [0.5, 0.6) is 0 Å². The van der Waals surface area contributed by atoms with Crippen molar-refractivity contribution in [3.8, 4) is 0 Å². The van der Waals surface area contributed by atoms with Crippen molar-refractivity contribution in [2.24, 2.45) is 11.8 Å². The van der Waals surface area contributed by atoms with Crippen LogP contribution >= 0.6 is 11.3 Å². The quantitative estimate of drug-likeness (QED) is 0.593. The standard InChI is InChI=1S/C23H29N5O4S/c1-2-32-13-10-19-25-26-23(33-19)24-21(30)16-8-11-27(12-9-16)22(31)17-14-20(29)28(15-17)18-6-4-3-5-7-18/h3-7,16-17H,2,8-15H2,1H3,(H,24,26,30). The maximum atomic E-state index is 13.0. The molecule has 1 aromatic heterocycles. The van der Waals surface area contributed by atoms with E-state index < -0.39 is 0 Å². The van der Waals surface area contributed by atoms with Crippen LogP contribution in [0.1, 0.15) is 31.2 Å². The number of aromatic nitrogens is 2. The zero-order valence-electron chi connectivity index (χ0n) is 18.7. The number of hydrogen-bond donors (Lipinski definition) is 1. The summed E-state index contributed by atoms with van der Waals surface area (Å²) in [6.07, 6.45) is 2.09. The number of rotatable bonds is 8. The molecule has 0 radical (unpaired) electrons. The number of anilines is 2. The Morgan fingerprint density at radius 3 is 2.64 bits per heavy atom. The molecule has 2 fully saturated rings. The molecule has 4 rings (SSSR count). The van der Waals surface area contributed by atoms with Gasteiger partial charge in [-0.1, -0.05) is 29.5 Å². The largest absolute Gasteiger partial charge is 0.381 e. The van der Waals surface area contributed by atoms with Crippen molar-refractivity contribution < 1.29 is 19.1 Å². The summed E-state index contributed by atoms with van der Waals surface area (Å²) >= 11 is 1.36. The van der Waals surface area contributed by atoms with Crippen molar-refractivity contribution in [3.63, 3.8) is 0 Å². The SMILES string of the molecule is CCOCCc1nnc(NC(=O)C2CCN(C(=O)C3CC(=O)N(c4ccccc4)C3)CC2)s1. The average molecular weight is 472 g/mol. The minimum Gasteiger partial charge on any atom is -0.381 e. The highest BCUT2D eigenvalue weighted by Gasteiger charge is 2.38. The summed E-state index contributed by atoms with van der Waals surface area (Å²) in [5, 5.41) is 12.3. The van der Waals surface area contributed by atoms with Crippen molar-refractivity contribution in [1.29, 1.82) is 0 Å². The maximum Gasteiger partial charge on any atom is 0.229 e. The number of nitrogens with one attached hydrogen (secondary N) is 1. The third kappa shape index (κ3) is 5.75. The molecule has 0 saturated carbocycles. The summed E-state index contributed by atoms with van der Waals surface area (Å²) < 4.78 is 5.32. The van der Waals surface area contributed by atoms with Gasteiger partial charge in [0, 0.05) is 50.7 Å². The maximum absolute atomic E-state index is 13.0. The molecule has 2 aliphatic heterocycles. The van der Waals surface area contributed by atoms with E-state index in [1.807, 2.05) is 37.3 Å². The summed E-state index contributed by atoms with van der Waals surface area (Å²) in [5.74, 6) is -0.605. The molecule has 1 atom stereocenters. The molecule has 176 valence electrons. The van der Waals surface area contributed by atoms with Gasteiger partial charge in [-0.2, -0.15) is 0 Å². The lowest BCUT2D eigenvalue weighted by atomic mass is 9.94. The minimum atomic E-state index is -0.334. The second-order valence-electron chi connectivity index (χ2n) is 8.28. The molecule has 2 saturated heterocycles. The molecule has 0 spiro atoms. The molecule has 2 aliphatic rings. The van der Waals surface area contributed by atoms with E-state index in [-0.39, 0.29) is 36.0 Å². The van der Waals surface area contributed by atoms with Crippen molar-refractivity contribution in [3.05, 3.63) is 35.3 Å². The number of carbonyl (C=O) groups is 3.